The van der Waals surface area contributed by atoms with Gasteiger partial charge in [0.25, 0.3) is 0 Å². The van der Waals surface area contributed by atoms with Gasteiger partial charge in [-0.1, -0.05) is 17.7 Å². The van der Waals surface area contributed by atoms with Crippen molar-refractivity contribution in [2.75, 3.05) is 54.9 Å². The zero-order valence-corrected chi connectivity index (χ0v) is 22.0. The first-order valence-electron chi connectivity index (χ1n) is 12.3. The largest absolute Gasteiger partial charge is 0.378 e. The van der Waals surface area contributed by atoms with Crippen molar-refractivity contribution in [2.45, 2.75) is 12.3 Å². The molecule has 12 heteroatoms. The summed E-state index contributed by atoms with van der Waals surface area (Å²) in [6, 6.07) is 8.58. The number of nitrogens with two attached hydrogens (primary N) is 1. The van der Waals surface area contributed by atoms with Crippen LogP contribution in [0.1, 0.15) is 17.2 Å². The molecule has 6 rings (SSSR count). The number of carbonyl (C=O) groups excluding carboxylic acids is 1. The number of rotatable bonds is 5. The number of carbonyl (C=O) groups is 1. The van der Waals surface area contributed by atoms with E-state index in [0.717, 1.165) is 28.8 Å². The third-order valence-electron chi connectivity index (χ3n) is 6.81. The van der Waals surface area contributed by atoms with Crippen LogP contribution in [0.3, 0.4) is 0 Å². The lowest BCUT2D eigenvalue weighted by Gasteiger charge is -2.27. The fourth-order valence-electron chi connectivity index (χ4n) is 4.89. The van der Waals surface area contributed by atoms with E-state index in [-0.39, 0.29) is 17.9 Å². The summed E-state index contributed by atoms with van der Waals surface area (Å²) in [5.74, 6) is -0.441. The van der Waals surface area contributed by atoms with Gasteiger partial charge in [-0.05, 0) is 36.4 Å². The molecule has 3 aromatic rings. The Labute approximate surface area is 228 Å². The molecule has 0 spiro atoms. The summed E-state index contributed by atoms with van der Waals surface area (Å²) >= 11 is 7.56. The average Bonchev–Trinajstić information content (AvgIpc) is 3.55. The first-order valence-corrected chi connectivity index (χ1v) is 13.5. The molecular formula is C26H25ClFN7O2S. The Morgan fingerprint density at radius 1 is 1.05 bits per heavy atom. The van der Waals surface area contributed by atoms with E-state index in [9.17, 15) is 4.79 Å². The molecule has 196 valence electrons. The number of hydrogen-bond donors (Lipinski definition) is 1. The van der Waals surface area contributed by atoms with Crippen molar-refractivity contribution in [1.29, 1.82) is 0 Å². The van der Waals surface area contributed by atoms with Crippen LogP contribution >= 0.6 is 22.9 Å². The van der Waals surface area contributed by atoms with E-state index in [1.165, 1.54) is 11.0 Å². The minimum absolute atomic E-state index is 0.158. The second kappa shape index (κ2) is 10.3. The molecule has 2 N–H and O–H groups in total. The normalized spacial score (nSPS) is 20.1. The molecule has 1 aromatic carbocycles. The molecule has 2 fully saturated rings. The zero-order chi connectivity index (χ0) is 26.2. The number of halogens is 2. The van der Waals surface area contributed by atoms with Gasteiger partial charge in [0.15, 0.2) is 5.13 Å². The van der Waals surface area contributed by atoms with E-state index in [1.54, 1.807) is 52.8 Å². The third kappa shape index (κ3) is 4.72. The second-order valence-corrected chi connectivity index (χ2v) is 10.6. The molecule has 1 unspecified atom stereocenters. The Balaban J connectivity index is 1.30. The van der Waals surface area contributed by atoms with Gasteiger partial charge >= 0.3 is 6.03 Å². The fourth-order valence-corrected chi connectivity index (χ4v) is 6.22. The molecule has 0 radical (unpaired) electrons. The lowest BCUT2D eigenvalue weighted by molar-refractivity contribution is 0.122. The van der Waals surface area contributed by atoms with Crippen molar-refractivity contribution in [3.8, 4) is 11.4 Å². The van der Waals surface area contributed by atoms with Gasteiger partial charge in [-0.25, -0.2) is 24.1 Å². The summed E-state index contributed by atoms with van der Waals surface area (Å²) in [4.78, 5) is 33.0. The van der Waals surface area contributed by atoms with Crippen molar-refractivity contribution in [1.82, 2.24) is 19.9 Å². The van der Waals surface area contributed by atoms with Crippen LogP contribution in [0.4, 0.5) is 26.0 Å². The van der Waals surface area contributed by atoms with E-state index in [4.69, 9.17) is 27.1 Å². The monoisotopic (exact) mass is 553 g/mol. The lowest BCUT2D eigenvalue weighted by atomic mass is 9.94. The molecule has 4 heterocycles. The predicted octanol–water partition coefficient (Wildman–Crippen LogP) is 4.84. The van der Waals surface area contributed by atoms with Crippen molar-refractivity contribution in [3.05, 3.63) is 70.1 Å². The van der Waals surface area contributed by atoms with E-state index >= 15 is 4.39 Å². The number of amides is 2. The van der Waals surface area contributed by atoms with E-state index < -0.39 is 5.83 Å². The highest BCUT2D eigenvalue weighted by molar-refractivity contribution is 7.16. The van der Waals surface area contributed by atoms with Crippen molar-refractivity contribution < 1.29 is 13.9 Å². The number of urea groups is 1. The maximum Gasteiger partial charge on any atom is 0.328 e. The van der Waals surface area contributed by atoms with Crippen LogP contribution in [0.5, 0.6) is 0 Å². The summed E-state index contributed by atoms with van der Waals surface area (Å²) < 4.78 is 20.7. The van der Waals surface area contributed by atoms with Crippen molar-refractivity contribution in [2.24, 2.45) is 0 Å². The molecule has 38 heavy (non-hydrogen) atoms. The average molecular weight is 554 g/mol. The van der Waals surface area contributed by atoms with Gasteiger partial charge < -0.3 is 15.4 Å². The Morgan fingerprint density at radius 2 is 1.82 bits per heavy atom. The summed E-state index contributed by atoms with van der Waals surface area (Å²) in [5, 5.41) is 1.44. The summed E-state index contributed by atoms with van der Waals surface area (Å²) in [6.07, 6.45) is 5.21. The van der Waals surface area contributed by atoms with Gasteiger partial charge in [-0.2, -0.15) is 0 Å². The Bertz CT molecular complexity index is 1420. The van der Waals surface area contributed by atoms with Gasteiger partial charge in [0.1, 0.15) is 11.5 Å². The van der Waals surface area contributed by atoms with Crippen LogP contribution in [-0.2, 0) is 4.74 Å². The molecule has 1 atom stereocenters. The number of allylic oxidation sites excluding steroid dienone is 4. The zero-order valence-electron chi connectivity index (χ0n) is 20.4. The maximum absolute atomic E-state index is 15.2. The Morgan fingerprint density at radius 3 is 2.58 bits per heavy atom. The van der Waals surface area contributed by atoms with E-state index in [2.05, 4.69) is 14.9 Å². The number of aromatic nitrogens is 3. The molecule has 2 amide bonds. The van der Waals surface area contributed by atoms with Crippen LogP contribution in [0.25, 0.3) is 11.4 Å². The molecule has 0 bridgehead atoms. The topological polar surface area (TPSA) is 101 Å². The number of nitrogen functional groups attached to an aromatic ring is 1. The Hall–Kier alpha value is -3.54. The van der Waals surface area contributed by atoms with Crippen LogP contribution < -0.4 is 15.5 Å². The van der Waals surface area contributed by atoms with E-state index in [1.807, 2.05) is 6.08 Å². The number of hydrogen-bond acceptors (Lipinski definition) is 8. The van der Waals surface area contributed by atoms with E-state index in [0.29, 0.717) is 54.8 Å². The summed E-state index contributed by atoms with van der Waals surface area (Å²) in [6.45, 7) is 3.59. The number of morpholine rings is 1. The van der Waals surface area contributed by atoms with Crippen LogP contribution in [0.15, 0.2) is 60.2 Å². The molecule has 0 saturated carbocycles. The van der Waals surface area contributed by atoms with Gasteiger partial charge in [-0.15, -0.1) is 11.3 Å². The minimum atomic E-state index is -0.404. The molecule has 9 nitrogen and oxygen atoms in total. The number of nitrogens with zero attached hydrogens (tertiary/aromatic N) is 6. The molecule has 2 aliphatic heterocycles. The highest BCUT2D eigenvalue weighted by atomic mass is 35.5. The first-order chi connectivity index (χ1) is 18.5. The quantitative estimate of drug-likeness (QED) is 0.482. The third-order valence-corrected chi connectivity index (χ3v) is 8.31. The lowest BCUT2D eigenvalue weighted by Crippen LogP contribution is -2.36. The molecule has 2 aromatic heterocycles. The maximum atomic E-state index is 15.2. The van der Waals surface area contributed by atoms with Crippen LogP contribution in [-0.4, -0.2) is 65.3 Å². The fraction of sp³-hybridized carbons (Fsp3) is 0.308. The van der Waals surface area contributed by atoms with Crippen LogP contribution in [0, 0.1) is 0 Å². The number of benzene rings is 1. The number of anilines is 3. The van der Waals surface area contributed by atoms with Gasteiger partial charge in [0.2, 0.25) is 5.95 Å². The summed E-state index contributed by atoms with van der Waals surface area (Å²) in [7, 11) is 0. The molecule has 1 aliphatic carbocycles. The second-order valence-electron chi connectivity index (χ2n) is 9.14. The molecule has 3 aliphatic rings. The van der Waals surface area contributed by atoms with Crippen molar-refractivity contribution >= 4 is 45.7 Å². The van der Waals surface area contributed by atoms with Crippen LogP contribution in [0.2, 0.25) is 5.02 Å². The predicted molar refractivity (Wildman–Crippen MR) is 146 cm³/mol. The number of ether oxygens (including phenoxy) is 1. The summed E-state index contributed by atoms with van der Waals surface area (Å²) in [5.41, 5.74) is 8.28. The standard InChI is InChI=1S/C26H25ClFN7O2S/c27-17-2-4-18(5-3-17)34-9-10-35(26(34)36)21-15-16(1-6-19(21)28)23-22(20-7-8-30-24(29)31-20)32-25(38-23)33-11-13-37-14-12-33/h1-8,16H,9-15H2,(H2,29,30,31). The smallest absolute Gasteiger partial charge is 0.328 e. The Kier molecular flexibility index (Phi) is 6.73. The minimum Gasteiger partial charge on any atom is -0.378 e. The molecule has 2 saturated heterocycles. The van der Waals surface area contributed by atoms with Crippen molar-refractivity contribution in [3.63, 3.8) is 0 Å². The number of thiazole rings is 1. The van der Waals surface area contributed by atoms with Gasteiger partial charge in [0, 0.05) is 60.3 Å². The highest BCUT2D eigenvalue weighted by Gasteiger charge is 2.36. The highest BCUT2D eigenvalue weighted by Crippen LogP contribution is 2.44. The SMILES string of the molecule is Nc1nccc(-c2nc(N3CCOCC3)sc2C2C=CC(F)=C(N3CCN(c4ccc(Cl)cc4)C3=O)C2)n1. The first kappa shape index (κ1) is 24.8. The molecular weight excluding hydrogens is 529 g/mol. The van der Waals surface area contributed by atoms with Gasteiger partial charge in [0.05, 0.1) is 24.6 Å². The van der Waals surface area contributed by atoms with Gasteiger partial charge in [-0.3, -0.25) is 9.80 Å².